The summed E-state index contributed by atoms with van der Waals surface area (Å²) in [5.41, 5.74) is 1.14. The van der Waals surface area contributed by atoms with Gasteiger partial charge in [0.15, 0.2) is 0 Å². The molecule has 2 aromatic rings. The highest BCUT2D eigenvalue weighted by Crippen LogP contribution is 2.25. The minimum absolute atomic E-state index is 0.494. The first-order chi connectivity index (χ1) is 7.75. The standard InChI is InChI=1S/C10H8Cl2N2S2/c11-8-4-2-1-3-7(8)5-15-6-9-13-14-10(12)16-9/h1-4H,5-6H2. The Morgan fingerprint density at radius 3 is 2.62 bits per heavy atom. The zero-order valence-corrected chi connectivity index (χ0v) is 11.3. The monoisotopic (exact) mass is 290 g/mol. The van der Waals surface area contributed by atoms with E-state index < -0.39 is 0 Å². The van der Waals surface area contributed by atoms with Crippen LogP contribution in [0.4, 0.5) is 0 Å². The van der Waals surface area contributed by atoms with E-state index in [0.717, 1.165) is 27.1 Å². The van der Waals surface area contributed by atoms with Gasteiger partial charge in [-0.05, 0) is 23.2 Å². The predicted octanol–water partition coefficient (Wildman–Crippen LogP) is 4.28. The number of aromatic nitrogens is 2. The average molecular weight is 291 g/mol. The van der Waals surface area contributed by atoms with Gasteiger partial charge in [0, 0.05) is 16.5 Å². The van der Waals surface area contributed by atoms with E-state index in [1.165, 1.54) is 11.3 Å². The molecular weight excluding hydrogens is 283 g/mol. The van der Waals surface area contributed by atoms with Gasteiger partial charge in [-0.1, -0.05) is 41.1 Å². The van der Waals surface area contributed by atoms with Crippen LogP contribution in [0.25, 0.3) is 0 Å². The Kier molecular flexibility index (Phi) is 4.46. The van der Waals surface area contributed by atoms with Crippen LogP contribution < -0.4 is 0 Å². The zero-order chi connectivity index (χ0) is 11.4. The molecular formula is C10H8Cl2N2S2. The summed E-state index contributed by atoms with van der Waals surface area (Å²) in [4.78, 5) is 0. The molecule has 0 spiro atoms. The summed E-state index contributed by atoms with van der Waals surface area (Å²) >= 11 is 14.9. The molecule has 0 atom stereocenters. The van der Waals surface area contributed by atoms with E-state index in [4.69, 9.17) is 23.2 Å². The summed E-state index contributed by atoms with van der Waals surface area (Å²) < 4.78 is 0.494. The summed E-state index contributed by atoms with van der Waals surface area (Å²) in [5, 5.41) is 9.46. The highest BCUT2D eigenvalue weighted by atomic mass is 35.5. The van der Waals surface area contributed by atoms with E-state index in [0.29, 0.717) is 4.47 Å². The van der Waals surface area contributed by atoms with Gasteiger partial charge in [-0.3, -0.25) is 0 Å². The van der Waals surface area contributed by atoms with Crippen LogP contribution in [-0.2, 0) is 11.5 Å². The molecule has 1 heterocycles. The van der Waals surface area contributed by atoms with Crippen molar-refractivity contribution < 1.29 is 0 Å². The fourth-order valence-corrected chi connectivity index (χ4v) is 3.39. The molecule has 0 saturated carbocycles. The van der Waals surface area contributed by atoms with Crippen LogP contribution in [0.1, 0.15) is 10.6 Å². The van der Waals surface area contributed by atoms with Crippen molar-refractivity contribution in [3.05, 3.63) is 44.3 Å². The lowest BCUT2D eigenvalue weighted by Crippen LogP contribution is -1.84. The summed E-state index contributed by atoms with van der Waals surface area (Å²) in [6.45, 7) is 0. The topological polar surface area (TPSA) is 25.8 Å². The molecule has 0 unspecified atom stereocenters. The van der Waals surface area contributed by atoms with E-state index in [-0.39, 0.29) is 0 Å². The first kappa shape index (κ1) is 12.2. The van der Waals surface area contributed by atoms with Gasteiger partial charge in [-0.15, -0.1) is 22.0 Å². The van der Waals surface area contributed by atoms with Crippen LogP contribution >= 0.6 is 46.3 Å². The van der Waals surface area contributed by atoms with Crippen LogP contribution in [0.2, 0.25) is 9.49 Å². The van der Waals surface area contributed by atoms with Gasteiger partial charge in [0.05, 0.1) is 0 Å². The van der Waals surface area contributed by atoms with E-state index in [1.54, 1.807) is 11.8 Å². The van der Waals surface area contributed by atoms with E-state index in [1.807, 2.05) is 24.3 Å². The van der Waals surface area contributed by atoms with Crippen molar-refractivity contribution in [3.63, 3.8) is 0 Å². The summed E-state index contributed by atoms with van der Waals surface area (Å²) in [7, 11) is 0. The van der Waals surface area contributed by atoms with Gasteiger partial charge in [0.2, 0.25) is 4.47 Å². The molecule has 0 saturated heterocycles. The molecule has 1 aromatic carbocycles. The van der Waals surface area contributed by atoms with Crippen LogP contribution in [0.3, 0.4) is 0 Å². The average Bonchev–Trinajstić information content (AvgIpc) is 2.67. The van der Waals surface area contributed by atoms with E-state index in [9.17, 15) is 0 Å². The first-order valence-corrected chi connectivity index (χ1v) is 7.27. The van der Waals surface area contributed by atoms with Crippen molar-refractivity contribution in [1.29, 1.82) is 0 Å². The lowest BCUT2D eigenvalue weighted by Gasteiger charge is -2.01. The first-order valence-electron chi connectivity index (χ1n) is 4.55. The Hall–Kier alpha value is -0.290. The van der Waals surface area contributed by atoms with Crippen LogP contribution in [0.5, 0.6) is 0 Å². The third-order valence-corrected chi connectivity index (χ3v) is 4.45. The molecule has 16 heavy (non-hydrogen) atoms. The van der Waals surface area contributed by atoms with Gasteiger partial charge < -0.3 is 0 Å². The fourth-order valence-electron chi connectivity index (χ4n) is 1.16. The number of hydrogen-bond donors (Lipinski definition) is 0. The number of rotatable bonds is 4. The smallest absolute Gasteiger partial charge is 0.150 e. The largest absolute Gasteiger partial charge is 0.207 e. The van der Waals surface area contributed by atoms with Crippen LogP contribution in [0.15, 0.2) is 24.3 Å². The second-order valence-corrected chi connectivity index (χ2v) is 6.07. The minimum Gasteiger partial charge on any atom is -0.150 e. The quantitative estimate of drug-likeness (QED) is 0.841. The molecule has 84 valence electrons. The lowest BCUT2D eigenvalue weighted by atomic mass is 10.2. The van der Waals surface area contributed by atoms with E-state index in [2.05, 4.69) is 10.2 Å². The van der Waals surface area contributed by atoms with Crippen molar-refractivity contribution >= 4 is 46.3 Å². The molecule has 0 fully saturated rings. The molecule has 0 N–H and O–H groups in total. The molecule has 0 amide bonds. The van der Waals surface area contributed by atoms with Crippen molar-refractivity contribution in [2.75, 3.05) is 0 Å². The maximum Gasteiger partial charge on any atom is 0.207 e. The molecule has 0 aliphatic rings. The van der Waals surface area contributed by atoms with Crippen LogP contribution in [-0.4, -0.2) is 10.2 Å². The molecule has 2 rings (SSSR count). The SMILES string of the molecule is Clc1nnc(CSCc2ccccc2Cl)s1. The number of nitrogens with zero attached hydrogens (tertiary/aromatic N) is 2. The van der Waals surface area contributed by atoms with Crippen LogP contribution in [0, 0.1) is 0 Å². The summed E-state index contributed by atoms with van der Waals surface area (Å²) in [5.74, 6) is 1.69. The Bertz CT molecular complexity index is 473. The van der Waals surface area contributed by atoms with Gasteiger partial charge >= 0.3 is 0 Å². The van der Waals surface area contributed by atoms with Gasteiger partial charge in [-0.25, -0.2) is 0 Å². The van der Waals surface area contributed by atoms with Gasteiger partial charge in [0.25, 0.3) is 0 Å². The third-order valence-electron chi connectivity index (χ3n) is 1.88. The fraction of sp³-hybridized carbons (Fsp3) is 0.200. The Labute approximate surface area is 112 Å². The third kappa shape index (κ3) is 3.35. The second-order valence-electron chi connectivity index (χ2n) is 3.03. The molecule has 6 heteroatoms. The van der Waals surface area contributed by atoms with Crippen molar-refractivity contribution in [2.45, 2.75) is 11.5 Å². The molecule has 1 aromatic heterocycles. The number of halogens is 2. The zero-order valence-electron chi connectivity index (χ0n) is 8.19. The maximum absolute atomic E-state index is 6.05. The maximum atomic E-state index is 6.05. The summed E-state index contributed by atoms with van der Waals surface area (Å²) in [6, 6.07) is 7.85. The Morgan fingerprint density at radius 1 is 1.12 bits per heavy atom. The summed E-state index contributed by atoms with van der Waals surface area (Å²) in [6.07, 6.45) is 0. The number of benzene rings is 1. The highest BCUT2D eigenvalue weighted by Gasteiger charge is 2.03. The second kappa shape index (κ2) is 5.87. The van der Waals surface area contributed by atoms with E-state index >= 15 is 0 Å². The Morgan fingerprint density at radius 2 is 1.94 bits per heavy atom. The minimum atomic E-state index is 0.494. The van der Waals surface area contributed by atoms with Crippen molar-refractivity contribution in [2.24, 2.45) is 0 Å². The molecule has 0 radical (unpaired) electrons. The number of thioether (sulfide) groups is 1. The molecule has 2 nitrogen and oxygen atoms in total. The van der Waals surface area contributed by atoms with Gasteiger partial charge in [-0.2, -0.15) is 0 Å². The van der Waals surface area contributed by atoms with Gasteiger partial charge in [0.1, 0.15) is 5.01 Å². The lowest BCUT2D eigenvalue weighted by molar-refractivity contribution is 1.04. The van der Waals surface area contributed by atoms with Crippen molar-refractivity contribution in [3.8, 4) is 0 Å². The van der Waals surface area contributed by atoms with Crippen molar-refractivity contribution in [1.82, 2.24) is 10.2 Å². The molecule has 0 aliphatic carbocycles. The molecule has 0 aliphatic heterocycles. The highest BCUT2D eigenvalue weighted by molar-refractivity contribution is 7.97. The Balaban J connectivity index is 1.87. The normalized spacial score (nSPS) is 10.6. The predicted molar refractivity (Wildman–Crippen MR) is 71.4 cm³/mol. The molecule has 0 bridgehead atoms. The number of hydrogen-bond acceptors (Lipinski definition) is 4.